The molecule has 0 fully saturated rings. The van der Waals surface area contributed by atoms with Gasteiger partial charge in [-0.3, -0.25) is 0 Å². The van der Waals surface area contributed by atoms with Gasteiger partial charge in [0.15, 0.2) is 6.10 Å². The number of rotatable bonds is 22. The average molecular weight is 669 g/mol. The van der Waals surface area contributed by atoms with Gasteiger partial charge in [0, 0.05) is 13.2 Å². The van der Waals surface area contributed by atoms with Gasteiger partial charge < -0.3 is 14.2 Å². The molecule has 1 unspecified atom stereocenters. The molecule has 0 saturated heterocycles. The van der Waals surface area contributed by atoms with Gasteiger partial charge in [-0.25, -0.2) is 9.59 Å². The predicted molar refractivity (Wildman–Crippen MR) is 184 cm³/mol. The van der Waals surface area contributed by atoms with Crippen LogP contribution in [-0.4, -0.2) is 37.4 Å². The zero-order valence-electron chi connectivity index (χ0n) is 28.5. The smallest absolute Gasteiger partial charge is 0.425 e. The summed E-state index contributed by atoms with van der Waals surface area (Å²) in [5.41, 5.74) is 3.64. The second kappa shape index (κ2) is 21.3. The quantitative estimate of drug-likeness (QED) is 0.0606. The van der Waals surface area contributed by atoms with Gasteiger partial charge in [0.2, 0.25) is 0 Å². The molecule has 0 aliphatic heterocycles. The number of hydrogen-bond donors (Lipinski definition) is 0. The molecule has 3 rings (SSSR count). The second-order valence-electron chi connectivity index (χ2n) is 12.2. The maximum Gasteiger partial charge on any atom is 0.425 e. The van der Waals surface area contributed by atoms with E-state index in [-0.39, 0.29) is 24.2 Å². The average Bonchev–Trinajstić information content (AvgIpc) is 3.08. The van der Waals surface area contributed by atoms with Crippen LogP contribution < -0.4 is 4.74 Å². The predicted octanol–water partition coefficient (Wildman–Crippen LogP) is 11.3. The molecule has 8 heteroatoms. The number of benzene rings is 3. The van der Waals surface area contributed by atoms with Crippen molar-refractivity contribution in [2.45, 2.75) is 116 Å². The van der Waals surface area contributed by atoms with Crippen molar-refractivity contribution < 1.29 is 37.0 Å². The summed E-state index contributed by atoms with van der Waals surface area (Å²) >= 11 is 0. The second-order valence-corrected chi connectivity index (χ2v) is 12.2. The molecule has 0 N–H and O–H groups in total. The number of alkyl halides is 3. The summed E-state index contributed by atoms with van der Waals surface area (Å²) in [6.07, 6.45) is 7.16. The van der Waals surface area contributed by atoms with Gasteiger partial charge in [-0.1, -0.05) is 101 Å². The number of esters is 2. The molecule has 5 nitrogen and oxygen atoms in total. The van der Waals surface area contributed by atoms with Crippen LogP contribution in [-0.2, 0) is 15.9 Å². The van der Waals surface area contributed by atoms with Crippen molar-refractivity contribution in [3.05, 3.63) is 89.5 Å². The molecule has 0 aliphatic carbocycles. The van der Waals surface area contributed by atoms with Crippen LogP contribution in [0, 0.1) is 0 Å². The van der Waals surface area contributed by atoms with Gasteiger partial charge in [-0.05, 0) is 92.1 Å². The maximum absolute atomic E-state index is 13.5. The van der Waals surface area contributed by atoms with Crippen molar-refractivity contribution in [1.82, 2.24) is 0 Å². The van der Waals surface area contributed by atoms with Crippen molar-refractivity contribution in [1.29, 1.82) is 0 Å². The van der Waals surface area contributed by atoms with Gasteiger partial charge >= 0.3 is 18.1 Å². The molecule has 0 aromatic heterocycles. The van der Waals surface area contributed by atoms with Crippen LogP contribution in [0.2, 0.25) is 0 Å². The zero-order valence-corrected chi connectivity index (χ0v) is 28.5. The van der Waals surface area contributed by atoms with Crippen molar-refractivity contribution >= 4 is 11.9 Å². The number of carbonyl (C=O) groups excluding carboxylic acids is 2. The van der Waals surface area contributed by atoms with Gasteiger partial charge in [0.1, 0.15) is 5.75 Å². The van der Waals surface area contributed by atoms with Crippen molar-refractivity contribution in [3.8, 4) is 16.9 Å². The molecular formula is C40H51F3O5. The van der Waals surface area contributed by atoms with Crippen LogP contribution in [0.25, 0.3) is 11.1 Å². The molecule has 0 radical (unpaired) electrons. The lowest BCUT2D eigenvalue weighted by Gasteiger charge is -2.20. The fourth-order valence-corrected chi connectivity index (χ4v) is 5.47. The van der Waals surface area contributed by atoms with Gasteiger partial charge in [-0.2, -0.15) is 13.2 Å². The summed E-state index contributed by atoms with van der Waals surface area (Å²) in [6.45, 7) is 5.15. The highest BCUT2D eigenvalue weighted by Crippen LogP contribution is 2.28. The third-order valence-electron chi connectivity index (χ3n) is 8.35. The first-order valence-electron chi connectivity index (χ1n) is 17.6. The Labute approximate surface area is 284 Å². The monoisotopic (exact) mass is 668 g/mol. The fourth-order valence-electron chi connectivity index (χ4n) is 5.47. The van der Waals surface area contributed by atoms with E-state index in [0.717, 1.165) is 17.5 Å². The lowest BCUT2D eigenvalue weighted by atomic mass is 10.00. The highest BCUT2D eigenvalue weighted by molar-refractivity contribution is 5.92. The Hall–Kier alpha value is -3.65. The molecule has 1 atom stereocenters. The van der Waals surface area contributed by atoms with E-state index in [9.17, 15) is 22.8 Å². The van der Waals surface area contributed by atoms with Gasteiger partial charge in [-0.15, -0.1) is 0 Å². The lowest BCUT2D eigenvalue weighted by molar-refractivity contribution is -0.206. The first kappa shape index (κ1) is 38.8. The zero-order chi connectivity index (χ0) is 34.6. The molecule has 0 aliphatic rings. The first-order chi connectivity index (χ1) is 23.2. The first-order valence-corrected chi connectivity index (χ1v) is 17.6. The summed E-state index contributed by atoms with van der Waals surface area (Å²) in [4.78, 5) is 25.2. The normalized spacial score (nSPS) is 12.1. The number of ether oxygens (including phenoxy) is 3. The summed E-state index contributed by atoms with van der Waals surface area (Å²) in [6, 6.07) is 20.9. The molecular weight excluding hydrogens is 617 g/mol. The minimum Gasteiger partial charge on any atom is -0.449 e. The Bertz CT molecular complexity index is 1340. The number of aryl methyl sites for hydroxylation is 1. The van der Waals surface area contributed by atoms with E-state index in [1.807, 2.05) is 19.1 Å². The van der Waals surface area contributed by atoms with E-state index in [1.165, 1.54) is 87.6 Å². The van der Waals surface area contributed by atoms with Crippen LogP contribution in [0.15, 0.2) is 72.8 Å². The van der Waals surface area contributed by atoms with E-state index in [0.29, 0.717) is 31.6 Å². The molecule has 3 aromatic carbocycles. The molecule has 0 heterocycles. The van der Waals surface area contributed by atoms with E-state index >= 15 is 0 Å². The SMILES string of the molecule is CCCCCCCCCCCc1ccc(-c2ccc(C(=O)Oc3ccc(C(=O)OC(CCCCCOCC)C(F)(F)F)cc3)cc2)cc1. The number of carbonyl (C=O) groups is 2. The third-order valence-corrected chi connectivity index (χ3v) is 8.35. The Morgan fingerprint density at radius 1 is 0.625 bits per heavy atom. The largest absolute Gasteiger partial charge is 0.449 e. The summed E-state index contributed by atoms with van der Waals surface area (Å²) in [5.74, 6) is -1.52. The number of hydrogen-bond acceptors (Lipinski definition) is 5. The van der Waals surface area contributed by atoms with E-state index in [1.54, 1.807) is 12.1 Å². The highest BCUT2D eigenvalue weighted by Gasteiger charge is 2.42. The topological polar surface area (TPSA) is 61.8 Å². The number of unbranched alkanes of at least 4 members (excludes halogenated alkanes) is 10. The Kier molecular flexibility index (Phi) is 17.3. The summed E-state index contributed by atoms with van der Waals surface area (Å²) < 4.78 is 55.9. The fraction of sp³-hybridized carbons (Fsp3) is 0.500. The molecule has 3 aromatic rings. The molecule has 262 valence electrons. The van der Waals surface area contributed by atoms with Crippen LogP contribution in [0.4, 0.5) is 13.2 Å². The Balaban J connectivity index is 1.44. The van der Waals surface area contributed by atoms with Gasteiger partial charge in [0.05, 0.1) is 11.1 Å². The minimum atomic E-state index is -4.67. The Morgan fingerprint density at radius 3 is 1.73 bits per heavy atom. The van der Waals surface area contributed by atoms with Crippen LogP contribution >= 0.6 is 0 Å². The van der Waals surface area contributed by atoms with E-state index in [4.69, 9.17) is 14.2 Å². The lowest BCUT2D eigenvalue weighted by Crippen LogP contribution is -2.33. The van der Waals surface area contributed by atoms with Crippen LogP contribution in [0.3, 0.4) is 0 Å². The van der Waals surface area contributed by atoms with E-state index in [2.05, 4.69) is 31.2 Å². The summed E-state index contributed by atoms with van der Waals surface area (Å²) in [7, 11) is 0. The van der Waals surface area contributed by atoms with Crippen LogP contribution in [0.1, 0.15) is 124 Å². The standard InChI is InChI=1S/C40H51F3O5/c1-3-5-6-7-8-9-10-11-13-16-31-18-20-32(21-19-31)33-22-24-34(25-23-33)38(44)47-36-28-26-35(27-29-36)39(45)48-37(40(41,42)43)17-14-12-15-30-46-4-2/h18-29,37H,3-17,30H2,1-2H3. The molecule has 0 bridgehead atoms. The molecule has 48 heavy (non-hydrogen) atoms. The maximum atomic E-state index is 13.5. The van der Waals surface area contributed by atoms with Crippen molar-refractivity contribution in [2.75, 3.05) is 13.2 Å². The highest BCUT2D eigenvalue weighted by atomic mass is 19.4. The van der Waals surface area contributed by atoms with Crippen molar-refractivity contribution in [2.24, 2.45) is 0 Å². The Morgan fingerprint density at radius 2 is 1.15 bits per heavy atom. The van der Waals surface area contributed by atoms with E-state index < -0.39 is 24.2 Å². The molecule has 0 saturated carbocycles. The third kappa shape index (κ3) is 14.2. The number of halogens is 3. The molecule has 0 spiro atoms. The molecule has 0 amide bonds. The van der Waals surface area contributed by atoms with Gasteiger partial charge in [0.25, 0.3) is 0 Å². The van der Waals surface area contributed by atoms with Crippen molar-refractivity contribution in [3.63, 3.8) is 0 Å². The minimum absolute atomic E-state index is 0.0658. The summed E-state index contributed by atoms with van der Waals surface area (Å²) in [5, 5.41) is 0. The van der Waals surface area contributed by atoms with Crippen LogP contribution in [0.5, 0.6) is 5.75 Å².